The van der Waals surface area contributed by atoms with E-state index >= 15 is 0 Å². The minimum absolute atomic E-state index is 0.0250. The molecule has 0 bridgehead atoms. The molecule has 0 heterocycles. The summed E-state index contributed by atoms with van der Waals surface area (Å²) in [6.45, 7) is -0.0943. The van der Waals surface area contributed by atoms with E-state index in [0.29, 0.717) is 5.56 Å². The summed E-state index contributed by atoms with van der Waals surface area (Å²) in [6.07, 6.45) is 0.0250. The molecule has 2 N–H and O–H groups in total. The molecule has 1 rings (SSSR count). The topological polar surface area (TPSA) is 76.0 Å². The Labute approximate surface area is 86.9 Å². The average Bonchev–Trinajstić information content (AvgIpc) is 2.20. The Balaban J connectivity index is 2.57. The van der Waals surface area contributed by atoms with Crippen LogP contribution in [0.4, 0.5) is 0 Å². The second-order valence-electron chi connectivity index (χ2n) is 2.92. The van der Waals surface area contributed by atoms with Crippen molar-refractivity contribution in [1.29, 1.82) is 0 Å². The summed E-state index contributed by atoms with van der Waals surface area (Å²) in [4.78, 5) is 11.1. The molecule has 0 spiro atoms. The predicted molar refractivity (Wildman–Crippen MR) is 51.4 cm³/mol. The van der Waals surface area contributed by atoms with Gasteiger partial charge in [-0.3, -0.25) is 4.79 Å². The first kappa shape index (κ1) is 11.3. The number of benzene rings is 1. The van der Waals surface area contributed by atoms with Crippen LogP contribution in [0, 0.1) is 0 Å². The van der Waals surface area contributed by atoms with Crippen molar-refractivity contribution >= 4 is 5.97 Å². The summed E-state index contributed by atoms with van der Waals surface area (Å²) in [5.74, 6) is -0.932. The van der Waals surface area contributed by atoms with E-state index in [4.69, 9.17) is 10.2 Å². The lowest BCUT2D eigenvalue weighted by atomic mass is 10.1. The monoisotopic (exact) mass is 212 g/mol. The minimum Gasteiger partial charge on any atom is -0.504 e. The van der Waals surface area contributed by atoms with Crippen LogP contribution in [0.25, 0.3) is 0 Å². The molecule has 0 aromatic heterocycles. The van der Waals surface area contributed by atoms with Gasteiger partial charge < -0.3 is 19.7 Å². The molecule has 0 aliphatic carbocycles. The Morgan fingerprint density at radius 2 is 2.07 bits per heavy atom. The van der Waals surface area contributed by atoms with E-state index in [-0.39, 0.29) is 24.7 Å². The van der Waals surface area contributed by atoms with Crippen molar-refractivity contribution in [2.24, 2.45) is 0 Å². The summed E-state index contributed by atoms with van der Waals surface area (Å²) in [5, 5.41) is 18.2. The molecule has 5 nitrogen and oxygen atoms in total. The number of phenolic OH excluding ortho intramolecular Hbond substituents is 2. The maximum absolute atomic E-state index is 11.1. The Bertz CT molecular complexity index is 348. The Morgan fingerprint density at radius 3 is 2.67 bits per heavy atom. The highest BCUT2D eigenvalue weighted by Gasteiger charge is 2.06. The third kappa shape index (κ3) is 3.47. The normalized spacial score (nSPS) is 9.93. The van der Waals surface area contributed by atoms with Gasteiger partial charge in [-0.1, -0.05) is 6.07 Å². The van der Waals surface area contributed by atoms with Crippen molar-refractivity contribution in [2.75, 3.05) is 13.9 Å². The summed E-state index contributed by atoms with van der Waals surface area (Å²) in [6, 6.07) is 4.15. The number of hydrogen-bond donors (Lipinski definition) is 2. The molecule has 5 heteroatoms. The van der Waals surface area contributed by atoms with Gasteiger partial charge in [-0.25, -0.2) is 0 Å². The minimum atomic E-state index is -0.457. The predicted octanol–water partition coefficient (Wildman–Crippen LogP) is 0.787. The first-order chi connectivity index (χ1) is 7.13. The van der Waals surface area contributed by atoms with Crippen molar-refractivity contribution in [3.05, 3.63) is 23.8 Å². The quantitative estimate of drug-likeness (QED) is 0.438. The van der Waals surface area contributed by atoms with Gasteiger partial charge in [0.05, 0.1) is 6.42 Å². The summed E-state index contributed by atoms with van der Waals surface area (Å²) in [7, 11) is 1.42. The van der Waals surface area contributed by atoms with Gasteiger partial charge in [0.15, 0.2) is 18.3 Å². The summed E-state index contributed by atoms with van der Waals surface area (Å²) >= 11 is 0. The Kier molecular flexibility index (Phi) is 3.93. The summed E-state index contributed by atoms with van der Waals surface area (Å²) < 4.78 is 9.22. The Hall–Kier alpha value is -1.75. The van der Waals surface area contributed by atoms with Crippen LogP contribution < -0.4 is 0 Å². The standard InChI is InChI=1S/C10H12O5/c1-14-6-15-10(13)5-7-2-3-8(11)9(12)4-7/h2-4,11-12H,5-6H2,1H3. The zero-order chi connectivity index (χ0) is 11.3. The highest BCUT2D eigenvalue weighted by Crippen LogP contribution is 2.24. The van der Waals surface area contributed by atoms with E-state index in [0.717, 1.165) is 0 Å². The first-order valence-corrected chi connectivity index (χ1v) is 4.29. The molecule has 82 valence electrons. The number of carbonyl (C=O) groups is 1. The van der Waals surface area contributed by atoms with Crippen molar-refractivity contribution in [2.45, 2.75) is 6.42 Å². The van der Waals surface area contributed by atoms with Crippen molar-refractivity contribution in [3.8, 4) is 11.5 Å². The van der Waals surface area contributed by atoms with E-state index in [1.165, 1.54) is 25.3 Å². The fraction of sp³-hybridized carbons (Fsp3) is 0.300. The van der Waals surface area contributed by atoms with E-state index in [1.807, 2.05) is 0 Å². The summed E-state index contributed by atoms with van der Waals surface area (Å²) in [5.41, 5.74) is 0.561. The maximum atomic E-state index is 11.1. The van der Waals surface area contributed by atoms with Crippen LogP contribution in [-0.2, 0) is 20.7 Å². The molecule has 0 radical (unpaired) electrons. The maximum Gasteiger partial charge on any atom is 0.312 e. The van der Waals surface area contributed by atoms with Crippen LogP contribution in [0.2, 0.25) is 0 Å². The van der Waals surface area contributed by atoms with E-state index < -0.39 is 5.97 Å². The van der Waals surface area contributed by atoms with Crippen LogP contribution in [-0.4, -0.2) is 30.1 Å². The largest absolute Gasteiger partial charge is 0.504 e. The Morgan fingerprint density at radius 1 is 1.33 bits per heavy atom. The molecular weight excluding hydrogens is 200 g/mol. The molecule has 1 aromatic rings. The first-order valence-electron chi connectivity index (χ1n) is 4.29. The van der Waals surface area contributed by atoms with E-state index in [9.17, 15) is 4.79 Å². The van der Waals surface area contributed by atoms with Crippen LogP contribution in [0.1, 0.15) is 5.56 Å². The zero-order valence-corrected chi connectivity index (χ0v) is 8.27. The van der Waals surface area contributed by atoms with Gasteiger partial charge >= 0.3 is 5.97 Å². The van der Waals surface area contributed by atoms with Crippen LogP contribution >= 0.6 is 0 Å². The van der Waals surface area contributed by atoms with Gasteiger partial charge in [0, 0.05) is 7.11 Å². The number of aromatic hydroxyl groups is 2. The number of esters is 1. The van der Waals surface area contributed by atoms with Crippen LogP contribution in [0.3, 0.4) is 0 Å². The van der Waals surface area contributed by atoms with Gasteiger partial charge in [-0.15, -0.1) is 0 Å². The lowest BCUT2D eigenvalue weighted by Crippen LogP contribution is -2.09. The third-order valence-corrected chi connectivity index (χ3v) is 1.73. The molecule has 15 heavy (non-hydrogen) atoms. The van der Waals surface area contributed by atoms with Crippen LogP contribution in [0.15, 0.2) is 18.2 Å². The SMILES string of the molecule is COCOC(=O)Cc1ccc(O)c(O)c1. The average molecular weight is 212 g/mol. The lowest BCUT2D eigenvalue weighted by molar-refractivity contribution is -0.153. The molecular formula is C10H12O5. The number of hydrogen-bond acceptors (Lipinski definition) is 5. The molecule has 0 aliphatic rings. The van der Waals surface area contributed by atoms with E-state index in [1.54, 1.807) is 0 Å². The van der Waals surface area contributed by atoms with Crippen molar-refractivity contribution in [1.82, 2.24) is 0 Å². The van der Waals surface area contributed by atoms with Gasteiger partial charge in [-0.2, -0.15) is 0 Å². The number of methoxy groups -OCH3 is 1. The van der Waals surface area contributed by atoms with Gasteiger partial charge in [0.25, 0.3) is 0 Å². The van der Waals surface area contributed by atoms with Gasteiger partial charge in [0.2, 0.25) is 0 Å². The van der Waals surface area contributed by atoms with Crippen LogP contribution in [0.5, 0.6) is 11.5 Å². The molecule has 0 aliphatic heterocycles. The zero-order valence-electron chi connectivity index (χ0n) is 8.27. The van der Waals surface area contributed by atoms with Gasteiger partial charge in [-0.05, 0) is 17.7 Å². The van der Waals surface area contributed by atoms with Crippen molar-refractivity contribution in [3.63, 3.8) is 0 Å². The molecule has 1 aromatic carbocycles. The second-order valence-corrected chi connectivity index (χ2v) is 2.92. The second kappa shape index (κ2) is 5.21. The number of phenols is 2. The highest BCUT2D eigenvalue weighted by atomic mass is 16.7. The highest BCUT2D eigenvalue weighted by molar-refractivity contribution is 5.72. The van der Waals surface area contributed by atoms with Crippen molar-refractivity contribution < 1.29 is 24.5 Å². The molecule has 0 saturated heterocycles. The van der Waals surface area contributed by atoms with Gasteiger partial charge in [0.1, 0.15) is 0 Å². The molecule has 0 unspecified atom stereocenters. The fourth-order valence-electron chi connectivity index (χ4n) is 1.02. The molecule has 0 fully saturated rings. The molecule has 0 saturated carbocycles. The number of ether oxygens (including phenoxy) is 2. The number of rotatable bonds is 4. The number of carbonyl (C=O) groups excluding carboxylic acids is 1. The molecule has 0 amide bonds. The smallest absolute Gasteiger partial charge is 0.312 e. The fourth-order valence-corrected chi connectivity index (χ4v) is 1.02. The van der Waals surface area contributed by atoms with E-state index in [2.05, 4.69) is 9.47 Å². The molecule has 0 atom stereocenters. The lowest BCUT2D eigenvalue weighted by Gasteiger charge is -2.04. The third-order valence-electron chi connectivity index (χ3n) is 1.73.